The van der Waals surface area contributed by atoms with Gasteiger partial charge in [0, 0.05) is 16.2 Å². The van der Waals surface area contributed by atoms with Crippen molar-refractivity contribution < 1.29 is 0 Å². The maximum Gasteiger partial charge on any atom is 0.171 e. The fourth-order valence-electron chi connectivity index (χ4n) is 3.92. The van der Waals surface area contributed by atoms with E-state index < -0.39 is 0 Å². The van der Waals surface area contributed by atoms with E-state index in [1.165, 1.54) is 24.0 Å². The van der Waals surface area contributed by atoms with Crippen LogP contribution in [-0.4, -0.2) is 10.7 Å². The maximum absolute atomic E-state index is 6.34. The third kappa shape index (κ3) is 5.46. The van der Waals surface area contributed by atoms with Crippen molar-refractivity contribution in [2.45, 2.75) is 63.8 Å². The van der Waals surface area contributed by atoms with Crippen LogP contribution >= 0.6 is 23.8 Å². The van der Waals surface area contributed by atoms with Gasteiger partial charge in [0.15, 0.2) is 5.11 Å². The van der Waals surface area contributed by atoms with Gasteiger partial charge in [-0.15, -0.1) is 0 Å². The molecule has 27 heavy (non-hydrogen) atoms. The number of thiocarbonyl (C=S) groups is 1. The average Bonchev–Trinajstić information content (AvgIpc) is 3.10. The van der Waals surface area contributed by atoms with Crippen LogP contribution in [0.2, 0.25) is 5.02 Å². The lowest BCUT2D eigenvalue weighted by atomic mass is 9.89. The van der Waals surface area contributed by atoms with Crippen LogP contribution < -0.4 is 10.6 Å². The number of aryl methyl sites for hydroxylation is 1. The van der Waals surface area contributed by atoms with Crippen molar-refractivity contribution in [2.75, 3.05) is 5.32 Å². The van der Waals surface area contributed by atoms with Crippen LogP contribution in [0.5, 0.6) is 0 Å². The molecule has 2 aromatic rings. The molecule has 1 aliphatic rings. The van der Waals surface area contributed by atoms with E-state index in [-0.39, 0.29) is 5.54 Å². The molecule has 0 heterocycles. The van der Waals surface area contributed by atoms with Gasteiger partial charge in [-0.05, 0) is 73.1 Å². The SMILES string of the molecule is CC(C)c1ccc(NC(=S)NC2(CCc3ccccc3Cl)CCCC2)cc1. The summed E-state index contributed by atoms with van der Waals surface area (Å²) in [6.45, 7) is 4.41. The summed E-state index contributed by atoms with van der Waals surface area (Å²) < 4.78 is 0. The number of hydrogen-bond acceptors (Lipinski definition) is 1. The molecule has 2 N–H and O–H groups in total. The number of hydrogen-bond donors (Lipinski definition) is 2. The highest BCUT2D eigenvalue weighted by Gasteiger charge is 2.34. The highest BCUT2D eigenvalue weighted by atomic mass is 35.5. The van der Waals surface area contributed by atoms with Crippen LogP contribution in [0, 0.1) is 0 Å². The van der Waals surface area contributed by atoms with Gasteiger partial charge in [-0.3, -0.25) is 0 Å². The molecule has 1 fully saturated rings. The number of anilines is 1. The third-order valence-corrected chi connectivity index (χ3v) is 6.18. The van der Waals surface area contributed by atoms with E-state index in [1.54, 1.807) is 0 Å². The molecule has 2 aromatic carbocycles. The predicted octanol–water partition coefficient (Wildman–Crippen LogP) is 6.70. The highest BCUT2D eigenvalue weighted by Crippen LogP contribution is 2.34. The molecule has 1 aliphatic carbocycles. The Kier molecular flexibility index (Phi) is 6.78. The fourth-order valence-corrected chi connectivity index (χ4v) is 4.48. The summed E-state index contributed by atoms with van der Waals surface area (Å²) in [5.74, 6) is 0.538. The van der Waals surface area contributed by atoms with Crippen molar-refractivity contribution in [2.24, 2.45) is 0 Å². The van der Waals surface area contributed by atoms with E-state index >= 15 is 0 Å². The van der Waals surface area contributed by atoms with Crippen LogP contribution in [0.25, 0.3) is 0 Å². The normalized spacial score (nSPS) is 15.7. The third-order valence-electron chi connectivity index (χ3n) is 5.61. The molecule has 0 amide bonds. The van der Waals surface area contributed by atoms with Crippen molar-refractivity contribution in [3.63, 3.8) is 0 Å². The summed E-state index contributed by atoms with van der Waals surface area (Å²) >= 11 is 12.0. The second kappa shape index (κ2) is 9.07. The average molecular weight is 401 g/mol. The Morgan fingerprint density at radius 1 is 1.07 bits per heavy atom. The number of rotatable bonds is 6. The van der Waals surface area contributed by atoms with Crippen molar-refractivity contribution in [3.8, 4) is 0 Å². The first kappa shape index (κ1) is 20.2. The van der Waals surface area contributed by atoms with E-state index in [9.17, 15) is 0 Å². The van der Waals surface area contributed by atoms with Crippen LogP contribution in [0.4, 0.5) is 5.69 Å². The zero-order valence-electron chi connectivity index (χ0n) is 16.2. The molecule has 0 atom stereocenters. The lowest BCUT2D eigenvalue weighted by Crippen LogP contribution is -2.48. The molecule has 0 bridgehead atoms. The maximum atomic E-state index is 6.34. The lowest BCUT2D eigenvalue weighted by Gasteiger charge is -2.32. The molecule has 1 saturated carbocycles. The monoisotopic (exact) mass is 400 g/mol. The zero-order valence-corrected chi connectivity index (χ0v) is 17.8. The van der Waals surface area contributed by atoms with E-state index in [0.29, 0.717) is 11.0 Å². The molecule has 0 unspecified atom stereocenters. The van der Waals surface area contributed by atoms with Gasteiger partial charge in [0.1, 0.15) is 0 Å². The second-order valence-corrected chi connectivity index (χ2v) is 8.75. The summed E-state index contributed by atoms with van der Waals surface area (Å²) in [6, 6.07) is 16.7. The Balaban J connectivity index is 1.61. The molecule has 0 aromatic heterocycles. The quantitative estimate of drug-likeness (QED) is 0.528. The van der Waals surface area contributed by atoms with Crippen molar-refractivity contribution in [1.29, 1.82) is 0 Å². The first-order chi connectivity index (χ1) is 13.0. The van der Waals surface area contributed by atoms with Crippen molar-refractivity contribution >= 4 is 34.6 Å². The summed E-state index contributed by atoms with van der Waals surface area (Å²) in [7, 11) is 0. The Hall–Kier alpha value is -1.58. The summed E-state index contributed by atoms with van der Waals surface area (Å²) in [5.41, 5.74) is 3.67. The van der Waals surface area contributed by atoms with Gasteiger partial charge >= 0.3 is 0 Å². The Labute approximate surface area is 173 Å². The van der Waals surface area contributed by atoms with E-state index in [2.05, 4.69) is 60.9 Å². The molecule has 0 saturated heterocycles. The molecule has 4 heteroatoms. The second-order valence-electron chi connectivity index (χ2n) is 7.93. The van der Waals surface area contributed by atoms with E-state index in [1.807, 2.05) is 12.1 Å². The molecule has 144 valence electrons. The molecule has 0 spiro atoms. The lowest BCUT2D eigenvalue weighted by molar-refractivity contribution is 0.362. The number of nitrogens with one attached hydrogen (secondary N) is 2. The number of benzene rings is 2. The summed E-state index contributed by atoms with van der Waals surface area (Å²) in [6.07, 6.45) is 6.84. The first-order valence-corrected chi connectivity index (χ1v) is 10.7. The standard InChI is InChI=1S/C23H29ClN2S/c1-17(2)18-9-11-20(12-10-18)25-22(27)26-23(14-5-6-15-23)16-13-19-7-3-4-8-21(19)24/h3-4,7-12,17H,5-6,13-16H2,1-2H3,(H2,25,26,27). The molecule has 0 radical (unpaired) electrons. The Morgan fingerprint density at radius 3 is 2.37 bits per heavy atom. The topological polar surface area (TPSA) is 24.1 Å². The minimum absolute atomic E-state index is 0.0706. The van der Waals surface area contributed by atoms with Gasteiger partial charge < -0.3 is 10.6 Å². The smallest absolute Gasteiger partial charge is 0.171 e. The largest absolute Gasteiger partial charge is 0.357 e. The summed E-state index contributed by atoms with van der Waals surface area (Å²) in [4.78, 5) is 0. The first-order valence-electron chi connectivity index (χ1n) is 9.90. The summed E-state index contributed by atoms with van der Waals surface area (Å²) in [5, 5.41) is 8.58. The van der Waals surface area contributed by atoms with Gasteiger partial charge in [0.2, 0.25) is 0 Å². The van der Waals surface area contributed by atoms with Crippen LogP contribution in [0.3, 0.4) is 0 Å². The van der Waals surface area contributed by atoms with Gasteiger partial charge in [0.05, 0.1) is 0 Å². The van der Waals surface area contributed by atoms with Crippen LogP contribution in [0.15, 0.2) is 48.5 Å². The fraction of sp³-hybridized carbons (Fsp3) is 0.435. The van der Waals surface area contributed by atoms with Gasteiger partial charge in [0.25, 0.3) is 0 Å². The minimum atomic E-state index is 0.0706. The van der Waals surface area contributed by atoms with Gasteiger partial charge in [-0.2, -0.15) is 0 Å². The van der Waals surface area contributed by atoms with Gasteiger partial charge in [-0.25, -0.2) is 0 Å². The van der Waals surface area contributed by atoms with Crippen molar-refractivity contribution in [1.82, 2.24) is 5.32 Å². The molecule has 2 nitrogen and oxygen atoms in total. The van der Waals surface area contributed by atoms with Crippen LogP contribution in [-0.2, 0) is 6.42 Å². The van der Waals surface area contributed by atoms with Crippen molar-refractivity contribution in [3.05, 3.63) is 64.7 Å². The van der Waals surface area contributed by atoms with E-state index in [4.69, 9.17) is 23.8 Å². The minimum Gasteiger partial charge on any atom is -0.357 e. The van der Waals surface area contributed by atoms with E-state index in [0.717, 1.165) is 36.4 Å². The predicted molar refractivity (Wildman–Crippen MR) is 121 cm³/mol. The number of halogens is 1. The van der Waals surface area contributed by atoms with Gasteiger partial charge in [-0.1, -0.05) is 68.6 Å². The van der Waals surface area contributed by atoms with Crippen LogP contribution in [0.1, 0.15) is 63.0 Å². The Bertz CT molecular complexity index is 764. The molecule has 0 aliphatic heterocycles. The molecular weight excluding hydrogens is 372 g/mol. The molecule has 3 rings (SSSR count). The zero-order chi connectivity index (χ0) is 19.3. The molecular formula is C23H29ClN2S. The highest BCUT2D eigenvalue weighted by molar-refractivity contribution is 7.80. The Morgan fingerprint density at radius 2 is 1.74 bits per heavy atom.